The fraction of sp³-hybridized carbons (Fsp3) is 1.00. The molecule has 0 aromatic carbocycles. The largest absolute Gasteiger partial charge is 0.316 e. The Morgan fingerprint density at radius 2 is 1.61 bits per heavy atom. The van der Waals surface area contributed by atoms with Gasteiger partial charge in [-0.1, -0.05) is 13.8 Å². The first-order chi connectivity index (χ1) is 8.12. The lowest BCUT2D eigenvalue weighted by Gasteiger charge is -2.36. The molecule has 2 atom stereocenters. The van der Waals surface area contributed by atoms with Crippen LogP contribution in [0.15, 0.2) is 0 Å². The summed E-state index contributed by atoms with van der Waals surface area (Å²) in [5.41, 5.74) is 0.627. The number of hydrogen-bond donors (Lipinski definition) is 1. The first-order valence-electron chi connectivity index (χ1n) is 7.55. The number of hydrogen-bond acceptors (Lipinski definition) is 2. The van der Waals surface area contributed by atoms with Crippen molar-refractivity contribution in [2.45, 2.75) is 39.5 Å². The summed E-state index contributed by atoms with van der Waals surface area (Å²) >= 11 is 0. The van der Waals surface area contributed by atoms with Crippen LogP contribution in [-0.4, -0.2) is 37.6 Å². The van der Waals surface area contributed by atoms with E-state index in [9.17, 15) is 0 Å². The minimum absolute atomic E-state index is 0. The second kappa shape index (κ2) is 5.68. The smallest absolute Gasteiger partial charge is 0.00257 e. The molecule has 0 unspecified atom stereocenters. The van der Waals surface area contributed by atoms with E-state index in [-0.39, 0.29) is 12.4 Å². The van der Waals surface area contributed by atoms with Crippen LogP contribution in [0.1, 0.15) is 39.5 Å². The number of nitrogens with zero attached hydrogens (tertiary/aromatic N) is 1. The van der Waals surface area contributed by atoms with Crippen molar-refractivity contribution in [3.8, 4) is 0 Å². The van der Waals surface area contributed by atoms with E-state index < -0.39 is 0 Å². The summed E-state index contributed by atoms with van der Waals surface area (Å²) in [7, 11) is 0. The summed E-state index contributed by atoms with van der Waals surface area (Å²) in [5, 5.41) is 3.53. The van der Waals surface area contributed by atoms with Crippen LogP contribution in [-0.2, 0) is 0 Å². The molecule has 2 saturated heterocycles. The van der Waals surface area contributed by atoms with Crippen LogP contribution in [0.4, 0.5) is 0 Å². The Morgan fingerprint density at radius 1 is 1.06 bits per heavy atom. The zero-order chi connectivity index (χ0) is 11.9. The Labute approximate surface area is 118 Å². The van der Waals surface area contributed by atoms with Crippen molar-refractivity contribution in [3.63, 3.8) is 0 Å². The molecule has 0 radical (unpaired) electrons. The first kappa shape index (κ1) is 14.6. The molecule has 3 aliphatic rings. The van der Waals surface area contributed by atoms with Gasteiger partial charge in [-0.15, -0.1) is 12.4 Å². The molecule has 1 N–H and O–H groups in total. The average molecular weight is 273 g/mol. The van der Waals surface area contributed by atoms with Crippen molar-refractivity contribution < 1.29 is 0 Å². The molecule has 2 aliphatic heterocycles. The second-order valence-corrected chi connectivity index (χ2v) is 7.50. The fourth-order valence-electron chi connectivity index (χ4n) is 4.11. The third-order valence-electron chi connectivity index (χ3n) is 5.44. The molecular weight excluding hydrogens is 244 g/mol. The molecule has 3 rings (SSSR count). The molecule has 0 amide bonds. The van der Waals surface area contributed by atoms with E-state index in [1.54, 1.807) is 0 Å². The van der Waals surface area contributed by atoms with E-state index in [2.05, 4.69) is 24.1 Å². The molecule has 0 aromatic heterocycles. The Kier molecular flexibility index (Phi) is 4.61. The summed E-state index contributed by atoms with van der Waals surface area (Å²) in [6.07, 6.45) is 5.83. The van der Waals surface area contributed by atoms with Gasteiger partial charge in [-0.2, -0.15) is 0 Å². The van der Waals surface area contributed by atoms with Gasteiger partial charge >= 0.3 is 0 Å². The lowest BCUT2D eigenvalue weighted by Crippen LogP contribution is -2.33. The molecule has 0 spiro atoms. The molecule has 0 bridgehead atoms. The van der Waals surface area contributed by atoms with E-state index in [0.717, 1.165) is 17.8 Å². The lowest BCUT2D eigenvalue weighted by molar-refractivity contribution is 0.152. The van der Waals surface area contributed by atoms with Crippen LogP contribution in [0.2, 0.25) is 0 Å². The van der Waals surface area contributed by atoms with Gasteiger partial charge < -0.3 is 10.2 Å². The molecule has 2 heterocycles. The van der Waals surface area contributed by atoms with Crippen LogP contribution in [0.25, 0.3) is 0 Å². The van der Waals surface area contributed by atoms with Crippen molar-refractivity contribution in [1.82, 2.24) is 10.2 Å². The fourth-order valence-corrected chi connectivity index (χ4v) is 4.11. The molecule has 0 aromatic rings. The number of halogens is 1. The molecule has 3 fully saturated rings. The van der Waals surface area contributed by atoms with Crippen molar-refractivity contribution in [2.75, 3.05) is 32.7 Å². The lowest BCUT2D eigenvalue weighted by atomic mass is 9.73. The predicted molar refractivity (Wildman–Crippen MR) is 79.3 cm³/mol. The standard InChI is InChI=1S/C15H28N2.ClH/c1-15(2)5-3-12(4-6-15)9-17-10-13-7-16-8-14(13)11-17;/h12-14,16H,3-11H2,1-2H3;1H/t13-,14+;. The quantitative estimate of drug-likeness (QED) is 0.832. The van der Waals surface area contributed by atoms with E-state index in [0.29, 0.717) is 5.41 Å². The molecule has 1 saturated carbocycles. The van der Waals surface area contributed by atoms with Gasteiger partial charge in [0.15, 0.2) is 0 Å². The maximum atomic E-state index is 3.53. The van der Waals surface area contributed by atoms with Gasteiger partial charge in [0, 0.05) is 19.6 Å². The highest BCUT2D eigenvalue weighted by molar-refractivity contribution is 5.85. The highest BCUT2D eigenvalue weighted by Crippen LogP contribution is 2.39. The van der Waals surface area contributed by atoms with Crippen LogP contribution in [0.5, 0.6) is 0 Å². The summed E-state index contributed by atoms with van der Waals surface area (Å²) in [6, 6.07) is 0. The Bertz CT molecular complexity index is 258. The van der Waals surface area contributed by atoms with Crippen LogP contribution < -0.4 is 5.32 Å². The molecule has 1 aliphatic carbocycles. The van der Waals surface area contributed by atoms with Gasteiger partial charge in [-0.25, -0.2) is 0 Å². The first-order valence-corrected chi connectivity index (χ1v) is 7.55. The topological polar surface area (TPSA) is 15.3 Å². The molecular formula is C15H29ClN2. The van der Waals surface area contributed by atoms with Gasteiger partial charge in [0.25, 0.3) is 0 Å². The highest BCUT2D eigenvalue weighted by atomic mass is 35.5. The maximum Gasteiger partial charge on any atom is 0.00257 e. The summed E-state index contributed by atoms with van der Waals surface area (Å²) < 4.78 is 0. The SMILES string of the molecule is CC1(C)CCC(CN2C[C@H]3CNC[C@H]3C2)CC1.Cl. The van der Waals surface area contributed by atoms with E-state index >= 15 is 0 Å². The average Bonchev–Trinajstić information content (AvgIpc) is 2.81. The number of rotatable bonds is 2. The molecule has 2 nitrogen and oxygen atoms in total. The number of fused-ring (bicyclic) bond motifs is 1. The van der Waals surface area contributed by atoms with Gasteiger partial charge in [0.2, 0.25) is 0 Å². The normalized spacial score (nSPS) is 36.3. The summed E-state index contributed by atoms with van der Waals surface area (Å²) in [4.78, 5) is 2.76. The summed E-state index contributed by atoms with van der Waals surface area (Å²) in [6.45, 7) is 11.6. The number of likely N-dealkylation sites (tertiary alicyclic amines) is 1. The monoisotopic (exact) mass is 272 g/mol. The van der Waals surface area contributed by atoms with Gasteiger partial charge in [0.1, 0.15) is 0 Å². The van der Waals surface area contributed by atoms with Gasteiger partial charge in [-0.3, -0.25) is 0 Å². The number of nitrogens with one attached hydrogen (secondary N) is 1. The van der Waals surface area contributed by atoms with Crippen molar-refractivity contribution in [3.05, 3.63) is 0 Å². The highest BCUT2D eigenvalue weighted by Gasteiger charge is 2.37. The Hall–Kier alpha value is 0.210. The molecule has 106 valence electrons. The third-order valence-corrected chi connectivity index (χ3v) is 5.44. The molecule has 3 heteroatoms. The predicted octanol–water partition coefficient (Wildman–Crippen LogP) is 2.78. The van der Waals surface area contributed by atoms with Gasteiger partial charge in [-0.05, 0) is 61.9 Å². The Balaban J connectivity index is 0.00000120. The zero-order valence-corrected chi connectivity index (χ0v) is 12.8. The third kappa shape index (κ3) is 3.20. The summed E-state index contributed by atoms with van der Waals surface area (Å²) in [5.74, 6) is 2.93. The second-order valence-electron chi connectivity index (χ2n) is 7.50. The van der Waals surface area contributed by atoms with E-state index in [1.807, 2.05) is 0 Å². The van der Waals surface area contributed by atoms with E-state index in [1.165, 1.54) is 58.4 Å². The van der Waals surface area contributed by atoms with Crippen molar-refractivity contribution in [2.24, 2.45) is 23.2 Å². The van der Waals surface area contributed by atoms with Crippen molar-refractivity contribution in [1.29, 1.82) is 0 Å². The Morgan fingerprint density at radius 3 is 2.17 bits per heavy atom. The van der Waals surface area contributed by atoms with Crippen LogP contribution in [0, 0.1) is 23.2 Å². The van der Waals surface area contributed by atoms with Gasteiger partial charge in [0.05, 0.1) is 0 Å². The minimum atomic E-state index is 0. The minimum Gasteiger partial charge on any atom is -0.316 e. The van der Waals surface area contributed by atoms with E-state index in [4.69, 9.17) is 0 Å². The zero-order valence-electron chi connectivity index (χ0n) is 12.0. The maximum absolute atomic E-state index is 3.53. The van der Waals surface area contributed by atoms with Crippen LogP contribution >= 0.6 is 12.4 Å². The van der Waals surface area contributed by atoms with Crippen molar-refractivity contribution >= 4 is 12.4 Å². The van der Waals surface area contributed by atoms with Crippen LogP contribution in [0.3, 0.4) is 0 Å². The molecule has 18 heavy (non-hydrogen) atoms.